The van der Waals surface area contributed by atoms with Crippen LogP contribution in [0.4, 0.5) is 27.7 Å². The van der Waals surface area contributed by atoms with Gasteiger partial charge in [-0.1, -0.05) is 19.9 Å². The summed E-state index contributed by atoms with van der Waals surface area (Å²) in [6, 6.07) is 8.01. The van der Waals surface area contributed by atoms with E-state index in [2.05, 4.69) is 53.1 Å². The molecule has 4 atom stereocenters. The number of rotatable bonds is 8. The van der Waals surface area contributed by atoms with Crippen LogP contribution in [0.3, 0.4) is 0 Å². The Morgan fingerprint density at radius 1 is 1.15 bits per heavy atom. The monoisotopic (exact) mass is 571 g/mol. The predicted molar refractivity (Wildman–Crippen MR) is 157 cm³/mol. The van der Waals surface area contributed by atoms with Gasteiger partial charge in [-0.2, -0.15) is 9.29 Å². The van der Waals surface area contributed by atoms with Crippen molar-refractivity contribution >= 4 is 44.1 Å². The fourth-order valence-electron chi connectivity index (χ4n) is 5.67. The van der Waals surface area contributed by atoms with Crippen molar-refractivity contribution in [1.82, 2.24) is 19.3 Å². The number of nitrogens with zero attached hydrogens (tertiary/aromatic N) is 6. The summed E-state index contributed by atoms with van der Waals surface area (Å²) >= 11 is 0. The van der Waals surface area contributed by atoms with Crippen LogP contribution in [-0.4, -0.2) is 92.1 Å². The molecule has 1 N–H and O–H groups in total. The SMILES string of the molecule is CO[C@H]1CCN(c2nccc(Nc3cc4c(C(C)C)ccc(N5C[C@H](N(C)S(C)(=O)=O)[C@H]5C)c4cn3)n2)C[C@H]1F. The minimum Gasteiger partial charge on any atom is -0.378 e. The van der Waals surface area contributed by atoms with Crippen molar-refractivity contribution in [3.05, 3.63) is 42.2 Å². The molecule has 0 amide bonds. The number of anilines is 4. The summed E-state index contributed by atoms with van der Waals surface area (Å²) in [6.07, 6.45) is 3.85. The van der Waals surface area contributed by atoms with Crippen LogP contribution in [0.25, 0.3) is 10.8 Å². The smallest absolute Gasteiger partial charge is 0.227 e. The number of halogens is 1. The van der Waals surface area contributed by atoms with Gasteiger partial charge in [-0.25, -0.2) is 22.8 Å². The molecule has 2 aliphatic rings. The van der Waals surface area contributed by atoms with Crippen LogP contribution >= 0.6 is 0 Å². The van der Waals surface area contributed by atoms with Crippen molar-refractivity contribution in [2.45, 2.75) is 57.5 Å². The van der Waals surface area contributed by atoms with E-state index in [0.29, 0.717) is 43.0 Å². The molecule has 0 aliphatic carbocycles. The first-order valence-corrected chi connectivity index (χ1v) is 15.5. The lowest BCUT2D eigenvalue weighted by atomic mass is 9.92. The predicted octanol–water partition coefficient (Wildman–Crippen LogP) is 3.92. The second-order valence-corrected chi connectivity index (χ2v) is 13.1. The molecular formula is C28H38FN7O3S. The zero-order valence-electron chi connectivity index (χ0n) is 23.9. The van der Waals surface area contributed by atoms with Gasteiger partial charge in [0.05, 0.1) is 24.9 Å². The van der Waals surface area contributed by atoms with Crippen LogP contribution in [-0.2, 0) is 14.8 Å². The zero-order chi connectivity index (χ0) is 28.8. The van der Waals surface area contributed by atoms with Gasteiger partial charge in [0.25, 0.3) is 0 Å². The third-order valence-corrected chi connectivity index (χ3v) is 9.55. The van der Waals surface area contributed by atoms with Gasteiger partial charge < -0.3 is 19.9 Å². The first-order valence-electron chi connectivity index (χ1n) is 13.6. The lowest BCUT2D eigenvalue weighted by Gasteiger charge is -2.51. The molecule has 216 valence electrons. The number of methoxy groups -OCH3 is 1. The zero-order valence-corrected chi connectivity index (χ0v) is 24.7. The van der Waals surface area contributed by atoms with Gasteiger partial charge in [0, 0.05) is 56.8 Å². The van der Waals surface area contributed by atoms with Crippen molar-refractivity contribution in [3.8, 4) is 0 Å². The standard InChI is InChI=1S/C28H38FN7O3S/c1-17(2)19-7-8-23(36-16-24(18(36)3)34(4)40(6,37)38)21-14-31-27(13-20(19)21)32-26-9-11-30-28(33-26)35-12-10-25(39-5)22(29)15-35/h7-9,11,13-14,17-18,22,24-25H,10,12,15-16H2,1-6H3,(H,30,31,32,33)/t18-,22-,24+,25+/m1/s1. The number of pyridine rings is 1. The lowest BCUT2D eigenvalue weighted by molar-refractivity contribution is 0.0194. The summed E-state index contributed by atoms with van der Waals surface area (Å²) in [4.78, 5) is 17.8. The van der Waals surface area contributed by atoms with Gasteiger partial charge in [0.15, 0.2) is 0 Å². The van der Waals surface area contributed by atoms with E-state index in [4.69, 9.17) is 9.72 Å². The molecule has 0 radical (unpaired) electrons. The first-order chi connectivity index (χ1) is 19.0. The van der Waals surface area contributed by atoms with Crippen LogP contribution in [0.5, 0.6) is 0 Å². The molecule has 2 aliphatic heterocycles. The minimum absolute atomic E-state index is 0.0305. The Kier molecular flexibility index (Phi) is 7.86. The summed E-state index contributed by atoms with van der Waals surface area (Å²) in [5.74, 6) is 1.97. The molecule has 3 aromatic rings. The number of piperidine rings is 1. The number of hydrogen-bond acceptors (Lipinski definition) is 9. The summed E-state index contributed by atoms with van der Waals surface area (Å²) < 4.78 is 45.3. The number of fused-ring (bicyclic) bond motifs is 1. The van der Waals surface area contributed by atoms with E-state index >= 15 is 0 Å². The molecule has 2 aromatic heterocycles. The Balaban J connectivity index is 1.40. The van der Waals surface area contributed by atoms with E-state index in [1.54, 1.807) is 19.3 Å². The molecule has 0 spiro atoms. The van der Waals surface area contributed by atoms with E-state index in [0.717, 1.165) is 16.5 Å². The second-order valence-electron chi connectivity index (χ2n) is 11.1. The number of alkyl halides is 1. The van der Waals surface area contributed by atoms with Crippen LogP contribution in [0.15, 0.2) is 36.7 Å². The van der Waals surface area contributed by atoms with Crippen LogP contribution < -0.4 is 15.1 Å². The molecule has 0 unspecified atom stereocenters. The van der Waals surface area contributed by atoms with Crippen molar-refractivity contribution in [3.63, 3.8) is 0 Å². The van der Waals surface area contributed by atoms with Crippen LogP contribution in [0, 0.1) is 0 Å². The normalized spacial score (nSPS) is 23.6. The fraction of sp³-hybridized carbons (Fsp3) is 0.536. The second kappa shape index (κ2) is 11.1. The molecule has 2 fully saturated rings. The number of aromatic nitrogens is 3. The van der Waals surface area contributed by atoms with Gasteiger partial charge >= 0.3 is 0 Å². The third-order valence-electron chi connectivity index (χ3n) is 8.23. The van der Waals surface area contributed by atoms with Gasteiger partial charge in [-0.15, -0.1) is 0 Å². The van der Waals surface area contributed by atoms with Crippen LogP contribution in [0.2, 0.25) is 0 Å². The maximum Gasteiger partial charge on any atom is 0.227 e. The summed E-state index contributed by atoms with van der Waals surface area (Å²) in [7, 11) is -0.0851. The van der Waals surface area contributed by atoms with E-state index in [1.807, 2.05) is 17.2 Å². The summed E-state index contributed by atoms with van der Waals surface area (Å²) in [5.41, 5.74) is 2.23. The van der Waals surface area contributed by atoms with Crippen molar-refractivity contribution in [2.24, 2.45) is 0 Å². The third kappa shape index (κ3) is 5.44. The molecule has 5 rings (SSSR count). The number of ether oxygens (including phenoxy) is 1. The Hall–Kier alpha value is -3.09. The molecule has 0 saturated carbocycles. The first kappa shape index (κ1) is 28.4. The number of nitrogens with one attached hydrogen (secondary N) is 1. The molecule has 40 heavy (non-hydrogen) atoms. The molecule has 1 aromatic carbocycles. The Morgan fingerprint density at radius 3 is 2.58 bits per heavy atom. The van der Waals surface area contributed by atoms with E-state index in [9.17, 15) is 12.8 Å². The van der Waals surface area contributed by atoms with Gasteiger partial charge in [0.2, 0.25) is 16.0 Å². The van der Waals surface area contributed by atoms with E-state index < -0.39 is 22.3 Å². The quantitative estimate of drug-likeness (QED) is 0.431. The molecule has 0 bridgehead atoms. The average molecular weight is 572 g/mol. The highest BCUT2D eigenvalue weighted by atomic mass is 32.2. The van der Waals surface area contributed by atoms with E-state index in [1.165, 1.54) is 23.2 Å². The van der Waals surface area contributed by atoms with E-state index in [-0.39, 0.29) is 18.6 Å². The van der Waals surface area contributed by atoms with Gasteiger partial charge in [-0.05, 0) is 48.4 Å². The maximum absolute atomic E-state index is 14.5. The van der Waals surface area contributed by atoms with Gasteiger partial charge in [0.1, 0.15) is 17.8 Å². The van der Waals surface area contributed by atoms with Crippen LogP contribution in [0.1, 0.15) is 38.7 Å². The lowest BCUT2D eigenvalue weighted by Crippen LogP contribution is -2.65. The van der Waals surface area contributed by atoms with Crippen molar-refractivity contribution < 1.29 is 17.5 Å². The number of likely N-dealkylation sites (N-methyl/N-ethyl adjacent to an activating group) is 1. The number of benzene rings is 1. The topological polar surface area (TPSA) is 104 Å². The number of hydrogen-bond donors (Lipinski definition) is 1. The minimum atomic E-state index is -3.27. The summed E-state index contributed by atoms with van der Waals surface area (Å²) in [5, 5.41) is 5.40. The highest BCUT2D eigenvalue weighted by molar-refractivity contribution is 7.88. The molecule has 12 heteroatoms. The molecule has 2 saturated heterocycles. The largest absolute Gasteiger partial charge is 0.378 e. The van der Waals surface area contributed by atoms with Crippen molar-refractivity contribution in [1.29, 1.82) is 0 Å². The number of sulfonamides is 1. The molecule has 10 nitrogen and oxygen atoms in total. The van der Waals surface area contributed by atoms with Gasteiger partial charge in [-0.3, -0.25) is 0 Å². The molecular weight excluding hydrogens is 533 g/mol. The Bertz CT molecular complexity index is 1490. The fourth-order valence-corrected chi connectivity index (χ4v) is 6.41. The highest BCUT2D eigenvalue weighted by Gasteiger charge is 2.41. The maximum atomic E-state index is 14.5. The average Bonchev–Trinajstić information content (AvgIpc) is 2.91. The Labute approximate surface area is 235 Å². The van der Waals surface area contributed by atoms with Crippen molar-refractivity contribution in [2.75, 3.05) is 55.2 Å². The molecule has 4 heterocycles. The summed E-state index contributed by atoms with van der Waals surface area (Å²) in [6.45, 7) is 7.79. The highest BCUT2D eigenvalue weighted by Crippen LogP contribution is 2.39. The Morgan fingerprint density at radius 2 is 1.93 bits per heavy atom.